The number of hydrogen-bond acceptors (Lipinski definition) is 8. The summed E-state index contributed by atoms with van der Waals surface area (Å²) < 4.78 is 32.6. The molecule has 0 radical (unpaired) electrons. The van der Waals surface area contributed by atoms with Crippen LogP contribution in [0.15, 0.2) is 41.6 Å². The molecule has 2 saturated heterocycles. The van der Waals surface area contributed by atoms with Gasteiger partial charge in [-0.1, -0.05) is 0 Å². The van der Waals surface area contributed by atoms with Crippen molar-refractivity contribution in [3.8, 4) is 6.07 Å². The smallest absolute Gasteiger partial charge is 0.243 e. The Bertz CT molecular complexity index is 991. The van der Waals surface area contributed by atoms with Crippen molar-refractivity contribution in [1.82, 2.24) is 14.3 Å². The number of anilines is 2. The average molecular weight is 414 g/mol. The van der Waals surface area contributed by atoms with E-state index in [0.29, 0.717) is 45.0 Å². The molecule has 2 aromatic rings. The SMILES string of the molecule is N#Cc1ccc(S(=O)(=O)N2CCN(c3cc(N4CCOCC4)ncn3)CC2)cc1. The van der Waals surface area contributed by atoms with Crippen molar-refractivity contribution in [3.05, 3.63) is 42.2 Å². The van der Waals surface area contributed by atoms with Crippen molar-refractivity contribution in [3.63, 3.8) is 0 Å². The van der Waals surface area contributed by atoms with E-state index in [1.165, 1.54) is 28.6 Å². The van der Waals surface area contributed by atoms with Crippen LogP contribution in [0.3, 0.4) is 0 Å². The molecule has 1 aromatic heterocycles. The second-order valence-corrected chi connectivity index (χ2v) is 8.80. The summed E-state index contributed by atoms with van der Waals surface area (Å²) in [4.78, 5) is 13.2. The second-order valence-electron chi connectivity index (χ2n) is 6.86. The van der Waals surface area contributed by atoms with Crippen LogP contribution in [0.1, 0.15) is 5.56 Å². The number of sulfonamides is 1. The largest absolute Gasteiger partial charge is 0.378 e. The molecule has 2 fully saturated rings. The van der Waals surface area contributed by atoms with E-state index in [-0.39, 0.29) is 4.90 Å². The van der Waals surface area contributed by atoms with Gasteiger partial charge in [-0.25, -0.2) is 18.4 Å². The third-order valence-corrected chi connectivity index (χ3v) is 7.07. The highest BCUT2D eigenvalue weighted by atomic mass is 32.2. The van der Waals surface area contributed by atoms with Crippen molar-refractivity contribution in [2.75, 3.05) is 62.3 Å². The van der Waals surface area contributed by atoms with Gasteiger partial charge in [0, 0.05) is 45.3 Å². The minimum absolute atomic E-state index is 0.210. The number of rotatable bonds is 4. The van der Waals surface area contributed by atoms with Gasteiger partial charge in [0.15, 0.2) is 0 Å². The second kappa shape index (κ2) is 8.32. The molecular formula is C19H22N6O3S. The Labute approximate surface area is 170 Å². The number of aromatic nitrogens is 2. The van der Waals surface area contributed by atoms with Crippen molar-refractivity contribution >= 4 is 21.7 Å². The van der Waals surface area contributed by atoms with E-state index in [4.69, 9.17) is 10.00 Å². The fraction of sp³-hybridized carbons (Fsp3) is 0.421. The van der Waals surface area contributed by atoms with Crippen LogP contribution >= 0.6 is 0 Å². The fourth-order valence-electron chi connectivity index (χ4n) is 3.48. The normalized spacial score (nSPS) is 18.4. The molecule has 9 nitrogen and oxygen atoms in total. The summed E-state index contributed by atoms with van der Waals surface area (Å²) in [6.45, 7) is 4.82. The van der Waals surface area contributed by atoms with E-state index >= 15 is 0 Å². The first-order valence-corrected chi connectivity index (χ1v) is 10.9. The summed E-state index contributed by atoms with van der Waals surface area (Å²) in [5, 5.41) is 8.89. The van der Waals surface area contributed by atoms with Gasteiger partial charge >= 0.3 is 0 Å². The van der Waals surface area contributed by atoms with Crippen molar-refractivity contribution in [2.24, 2.45) is 0 Å². The topological polar surface area (TPSA) is 103 Å². The molecule has 4 rings (SSSR count). The van der Waals surface area contributed by atoms with Crippen LogP contribution in [0.2, 0.25) is 0 Å². The highest BCUT2D eigenvalue weighted by molar-refractivity contribution is 7.89. The van der Waals surface area contributed by atoms with Crippen LogP contribution in [-0.4, -0.2) is 75.2 Å². The van der Waals surface area contributed by atoms with Crippen LogP contribution in [-0.2, 0) is 14.8 Å². The van der Waals surface area contributed by atoms with Gasteiger partial charge in [0.1, 0.15) is 18.0 Å². The Hall–Kier alpha value is -2.74. The summed E-state index contributed by atoms with van der Waals surface area (Å²) in [6.07, 6.45) is 1.56. The van der Waals surface area contributed by atoms with E-state index in [1.807, 2.05) is 12.1 Å². The molecule has 0 bridgehead atoms. The molecule has 29 heavy (non-hydrogen) atoms. The lowest BCUT2D eigenvalue weighted by atomic mass is 10.2. The first kappa shape index (κ1) is 19.6. The van der Waals surface area contributed by atoms with Crippen LogP contribution in [0.5, 0.6) is 0 Å². The molecular weight excluding hydrogens is 392 g/mol. The van der Waals surface area contributed by atoms with Crippen LogP contribution < -0.4 is 9.80 Å². The van der Waals surface area contributed by atoms with Crippen molar-refractivity contribution in [2.45, 2.75) is 4.90 Å². The molecule has 10 heteroatoms. The van der Waals surface area contributed by atoms with Crippen LogP contribution in [0.4, 0.5) is 11.6 Å². The van der Waals surface area contributed by atoms with E-state index < -0.39 is 10.0 Å². The maximum absolute atomic E-state index is 12.9. The molecule has 2 aliphatic rings. The lowest BCUT2D eigenvalue weighted by Gasteiger charge is -2.35. The summed E-state index contributed by atoms with van der Waals surface area (Å²) in [6, 6.07) is 9.97. The van der Waals surface area contributed by atoms with Gasteiger partial charge in [-0.15, -0.1) is 0 Å². The van der Waals surface area contributed by atoms with Crippen molar-refractivity contribution < 1.29 is 13.2 Å². The predicted molar refractivity (Wildman–Crippen MR) is 107 cm³/mol. The number of piperazine rings is 1. The zero-order chi connectivity index (χ0) is 20.3. The Kier molecular flexibility index (Phi) is 5.62. The van der Waals surface area contributed by atoms with Crippen molar-refractivity contribution in [1.29, 1.82) is 5.26 Å². The molecule has 0 aliphatic carbocycles. The maximum atomic E-state index is 12.9. The highest BCUT2D eigenvalue weighted by Gasteiger charge is 2.29. The highest BCUT2D eigenvalue weighted by Crippen LogP contribution is 2.22. The number of nitrogens with zero attached hydrogens (tertiary/aromatic N) is 6. The molecule has 1 aromatic carbocycles. The third-order valence-electron chi connectivity index (χ3n) is 5.16. The summed E-state index contributed by atoms with van der Waals surface area (Å²) >= 11 is 0. The molecule has 0 spiro atoms. The zero-order valence-electron chi connectivity index (χ0n) is 15.9. The Morgan fingerprint density at radius 1 is 0.897 bits per heavy atom. The molecule has 0 saturated carbocycles. The van der Waals surface area contributed by atoms with Crippen LogP contribution in [0.25, 0.3) is 0 Å². The predicted octanol–water partition coefficient (Wildman–Crippen LogP) is 0.696. The number of morpholine rings is 1. The van der Waals surface area contributed by atoms with Gasteiger partial charge in [0.25, 0.3) is 0 Å². The maximum Gasteiger partial charge on any atom is 0.243 e. The molecule has 152 valence electrons. The Balaban J connectivity index is 1.43. The number of nitriles is 1. The Morgan fingerprint density at radius 3 is 2.07 bits per heavy atom. The summed E-state index contributed by atoms with van der Waals surface area (Å²) in [7, 11) is -3.58. The van der Waals surface area contributed by atoms with Gasteiger partial charge < -0.3 is 14.5 Å². The number of ether oxygens (including phenoxy) is 1. The van der Waals surface area contributed by atoms with E-state index in [2.05, 4.69) is 19.8 Å². The lowest BCUT2D eigenvalue weighted by molar-refractivity contribution is 0.122. The molecule has 0 atom stereocenters. The molecule has 3 heterocycles. The summed E-state index contributed by atoms with van der Waals surface area (Å²) in [5.74, 6) is 1.67. The minimum Gasteiger partial charge on any atom is -0.378 e. The minimum atomic E-state index is -3.58. The first-order chi connectivity index (χ1) is 14.1. The molecule has 0 amide bonds. The van der Waals surface area contributed by atoms with Gasteiger partial charge in [-0.2, -0.15) is 9.57 Å². The third kappa shape index (κ3) is 4.17. The van der Waals surface area contributed by atoms with Gasteiger partial charge in [-0.05, 0) is 24.3 Å². The van der Waals surface area contributed by atoms with E-state index in [1.54, 1.807) is 6.33 Å². The standard InChI is InChI=1S/C19H22N6O3S/c20-14-16-1-3-17(4-2-16)29(26,27)25-7-5-23(6-8-25)18-13-19(22-15-21-18)24-9-11-28-12-10-24/h1-4,13,15H,5-12H2. The van der Waals surface area contributed by atoms with Gasteiger partial charge in [0.2, 0.25) is 10.0 Å². The summed E-state index contributed by atoms with van der Waals surface area (Å²) in [5.41, 5.74) is 0.439. The van der Waals surface area contributed by atoms with Crippen LogP contribution in [0, 0.1) is 11.3 Å². The monoisotopic (exact) mass is 414 g/mol. The molecule has 2 aliphatic heterocycles. The average Bonchev–Trinajstić information content (AvgIpc) is 2.80. The lowest BCUT2D eigenvalue weighted by Crippen LogP contribution is -2.49. The molecule has 0 unspecified atom stereocenters. The zero-order valence-corrected chi connectivity index (χ0v) is 16.8. The van der Waals surface area contributed by atoms with Gasteiger partial charge in [-0.3, -0.25) is 0 Å². The van der Waals surface area contributed by atoms with E-state index in [0.717, 1.165) is 24.7 Å². The van der Waals surface area contributed by atoms with E-state index in [9.17, 15) is 8.42 Å². The quantitative estimate of drug-likeness (QED) is 0.720. The fourth-order valence-corrected chi connectivity index (χ4v) is 4.91. The Morgan fingerprint density at radius 2 is 1.48 bits per heavy atom. The molecule has 0 N–H and O–H groups in total. The number of hydrogen-bond donors (Lipinski definition) is 0. The first-order valence-electron chi connectivity index (χ1n) is 9.48. The number of benzene rings is 1. The van der Waals surface area contributed by atoms with Gasteiger partial charge in [0.05, 0.1) is 29.7 Å².